The third kappa shape index (κ3) is 4.62. The Kier molecular flexibility index (Phi) is 6.04. The number of amides is 2. The van der Waals surface area contributed by atoms with Crippen LogP contribution in [-0.2, 0) is 16.1 Å². The van der Waals surface area contributed by atoms with E-state index >= 15 is 0 Å². The van der Waals surface area contributed by atoms with Crippen molar-refractivity contribution in [3.8, 4) is 11.1 Å². The number of thiocarbonyl (C=S) groups is 1. The predicted octanol–water partition coefficient (Wildman–Crippen LogP) is 3.70. The van der Waals surface area contributed by atoms with Gasteiger partial charge >= 0.3 is 0 Å². The van der Waals surface area contributed by atoms with Crippen molar-refractivity contribution in [2.75, 3.05) is 12.4 Å². The van der Waals surface area contributed by atoms with Crippen LogP contribution in [0.2, 0.25) is 0 Å². The van der Waals surface area contributed by atoms with Crippen molar-refractivity contribution in [3.63, 3.8) is 0 Å². The first-order valence-corrected chi connectivity index (χ1v) is 10.4. The van der Waals surface area contributed by atoms with Gasteiger partial charge in [0, 0.05) is 31.7 Å². The van der Waals surface area contributed by atoms with Gasteiger partial charge in [-0.05, 0) is 53.2 Å². The van der Waals surface area contributed by atoms with Gasteiger partial charge in [-0.1, -0.05) is 42.5 Å². The SMILES string of the molecule is CN1C(=O)C(CC(=O)Nc2ccc(-c3ccccc3)cc2)N(Cc2ccncc2)C1=S. The summed E-state index contributed by atoms with van der Waals surface area (Å²) in [6, 6.07) is 20.8. The molecule has 7 heteroatoms. The van der Waals surface area contributed by atoms with E-state index in [4.69, 9.17) is 12.2 Å². The number of pyridine rings is 1. The number of benzene rings is 2. The van der Waals surface area contributed by atoms with Crippen molar-refractivity contribution in [2.45, 2.75) is 19.0 Å². The number of carbonyl (C=O) groups is 2. The van der Waals surface area contributed by atoms with E-state index in [0.717, 1.165) is 16.7 Å². The normalized spacial score (nSPS) is 16.0. The summed E-state index contributed by atoms with van der Waals surface area (Å²) in [5.41, 5.74) is 3.84. The summed E-state index contributed by atoms with van der Waals surface area (Å²) in [6.07, 6.45) is 3.41. The number of likely N-dealkylation sites (N-methyl/N-ethyl adjacent to an activating group) is 1. The van der Waals surface area contributed by atoms with Gasteiger partial charge in [0.05, 0.1) is 6.42 Å². The van der Waals surface area contributed by atoms with Gasteiger partial charge in [-0.15, -0.1) is 0 Å². The topological polar surface area (TPSA) is 65.5 Å². The van der Waals surface area contributed by atoms with Gasteiger partial charge in [0.1, 0.15) is 6.04 Å². The Morgan fingerprint density at radius 2 is 1.65 bits per heavy atom. The maximum absolute atomic E-state index is 12.7. The molecule has 4 rings (SSSR count). The van der Waals surface area contributed by atoms with E-state index in [0.29, 0.717) is 17.3 Å². The molecule has 31 heavy (non-hydrogen) atoms. The molecule has 0 saturated carbocycles. The smallest absolute Gasteiger partial charge is 0.251 e. The molecule has 3 aromatic rings. The highest BCUT2D eigenvalue weighted by molar-refractivity contribution is 7.80. The monoisotopic (exact) mass is 430 g/mol. The van der Waals surface area contributed by atoms with Gasteiger partial charge in [-0.25, -0.2) is 0 Å². The first kappa shape index (κ1) is 20.7. The second kappa shape index (κ2) is 9.06. The molecule has 2 aromatic carbocycles. The summed E-state index contributed by atoms with van der Waals surface area (Å²) in [6.45, 7) is 0.446. The van der Waals surface area contributed by atoms with Crippen LogP contribution in [-0.4, -0.2) is 44.8 Å². The van der Waals surface area contributed by atoms with Gasteiger partial charge in [0.15, 0.2) is 5.11 Å². The second-order valence-corrected chi connectivity index (χ2v) is 7.74. The summed E-state index contributed by atoms with van der Waals surface area (Å²) in [5.74, 6) is -0.405. The molecule has 1 unspecified atom stereocenters. The van der Waals surface area contributed by atoms with E-state index in [-0.39, 0.29) is 18.2 Å². The number of nitrogens with one attached hydrogen (secondary N) is 1. The second-order valence-electron chi connectivity index (χ2n) is 7.37. The third-order valence-electron chi connectivity index (χ3n) is 5.28. The Labute approximate surface area is 186 Å². The lowest BCUT2D eigenvalue weighted by Crippen LogP contribution is -2.37. The predicted molar refractivity (Wildman–Crippen MR) is 124 cm³/mol. The highest BCUT2D eigenvalue weighted by Gasteiger charge is 2.41. The molecule has 2 heterocycles. The summed E-state index contributed by atoms with van der Waals surface area (Å²) >= 11 is 5.44. The summed E-state index contributed by atoms with van der Waals surface area (Å²) in [4.78, 5) is 32.7. The van der Waals surface area contributed by atoms with Crippen molar-refractivity contribution in [3.05, 3.63) is 84.7 Å². The Hall–Kier alpha value is -3.58. The van der Waals surface area contributed by atoms with Gasteiger partial charge in [0.2, 0.25) is 5.91 Å². The number of anilines is 1. The molecule has 0 aliphatic carbocycles. The molecule has 1 atom stereocenters. The maximum Gasteiger partial charge on any atom is 0.251 e. The molecule has 2 amide bonds. The van der Waals surface area contributed by atoms with Gasteiger partial charge in [-0.3, -0.25) is 19.5 Å². The summed E-state index contributed by atoms with van der Waals surface area (Å²) in [7, 11) is 1.64. The Balaban J connectivity index is 1.43. The fourth-order valence-electron chi connectivity index (χ4n) is 3.60. The maximum atomic E-state index is 12.7. The van der Waals surface area contributed by atoms with Crippen LogP contribution >= 0.6 is 12.2 Å². The minimum atomic E-state index is -0.630. The van der Waals surface area contributed by atoms with Crippen molar-refractivity contribution in [1.82, 2.24) is 14.8 Å². The van der Waals surface area contributed by atoms with E-state index in [1.165, 1.54) is 4.90 Å². The lowest BCUT2D eigenvalue weighted by molar-refractivity contribution is -0.130. The Morgan fingerprint density at radius 1 is 1.00 bits per heavy atom. The first-order chi connectivity index (χ1) is 15.0. The lowest BCUT2D eigenvalue weighted by Gasteiger charge is -2.23. The van der Waals surface area contributed by atoms with Crippen molar-refractivity contribution >= 4 is 34.8 Å². The molecule has 6 nitrogen and oxygen atoms in total. The van der Waals surface area contributed by atoms with Gasteiger partial charge in [-0.2, -0.15) is 0 Å². The van der Waals surface area contributed by atoms with Crippen LogP contribution in [0.15, 0.2) is 79.1 Å². The number of carbonyl (C=O) groups excluding carboxylic acids is 2. The zero-order valence-corrected chi connectivity index (χ0v) is 17.9. The van der Waals surface area contributed by atoms with E-state index < -0.39 is 6.04 Å². The third-order valence-corrected chi connectivity index (χ3v) is 5.79. The average molecular weight is 431 g/mol. The average Bonchev–Trinajstić information content (AvgIpc) is 2.99. The highest BCUT2D eigenvalue weighted by atomic mass is 32.1. The zero-order valence-electron chi connectivity index (χ0n) is 17.1. The molecule has 1 fully saturated rings. The molecule has 1 aliphatic rings. The van der Waals surface area contributed by atoms with Gasteiger partial charge < -0.3 is 10.2 Å². The van der Waals surface area contributed by atoms with Crippen LogP contribution in [0.5, 0.6) is 0 Å². The molecule has 156 valence electrons. The number of nitrogens with zero attached hydrogens (tertiary/aromatic N) is 3. The number of hydrogen-bond acceptors (Lipinski definition) is 4. The molecule has 1 aromatic heterocycles. The van der Waals surface area contributed by atoms with E-state index in [1.807, 2.05) is 66.7 Å². The van der Waals surface area contributed by atoms with Crippen LogP contribution in [0.4, 0.5) is 5.69 Å². The zero-order chi connectivity index (χ0) is 21.8. The van der Waals surface area contributed by atoms with Gasteiger partial charge in [0.25, 0.3) is 5.91 Å². The molecular weight excluding hydrogens is 408 g/mol. The summed E-state index contributed by atoms with van der Waals surface area (Å²) < 4.78 is 0. The molecule has 1 aliphatic heterocycles. The molecule has 1 N–H and O–H groups in total. The Bertz CT molecular complexity index is 1090. The summed E-state index contributed by atoms with van der Waals surface area (Å²) in [5, 5.41) is 3.32. The van der Waals surface area contributed by atoms with Crippen molar-refractivity contribution in [2.24, 2.45) is 0 Å². The van der Waals surface area contributed by atoms with Crippen LogP contribution in [0.1, 0.15) is 12.0 Å². The fraction of sp³-hybridized carbons (Fsp3) is 0.167. The minimum absolute atomic E-state index is 0.0227. The number of hydrogen-bond donors (Lipinski definition) is 1. The van der Waals surface area contributed by atoms with Crippen LogP contribution in [0, 0.1) is 0 Å². The minimum Gasteiger partial charge on any atom is -0.332 e. The lowest BCUT2D eigenvalue weighted by atomic mass is 10.1. The number of rotatable bonds is 6. The first-order valence-electron chi connectivity index (χ1n) is 9.95. The molecule has 1 saturated heterocycles. The highest BCUT2D eigenvalue weighted by Crippen LogP contribution is 2.24. The van der Waals surface area contributed by atoms with E-state index in [2.05, 4.69) is 10.3 Å². The van der Waals surface area contributed by atoms with Crippen LogP contribution < -0.4 is 5.32 Å². The molecular formula is C24H22N4O2S. The molecule has 0 bridgehead atoms. The van der Waals surface area contributed by atoms with Crippen LogP contribution in [0.25, 0.3) is 11.1 Å². The van der Waals surface area contributed by atoms with Crippen LogP contribution in [0.3, 0.4) is 0 Å². The quantitative estimate of drug-likeness (QED) is 0.604. The van der Waals surface area contributed by atoms with Crippen molar-refractivity contribution < 1.29 is 9.59 Å². The molecule has 0 radical (unpaired) electrons. The Morgan fingerprint density at radius 3 is 2.32 bits per heavy atom. The largest absolute Gasteiger partial charge is 0.332 e. The standard InChI is InChI=1S/C24H22N4O2S/c1-27-23(30)21(28(24(27)31)16-17-11-13-25-14-12-17)15-22(29)26-20-9-7-19(8-10-20)18-5-3-2-4-6-18/h2-14,21H,15-16H2,1H3,(H,26,29). The molecule has 0 spiro atoms. The van der Waals surface area contributed by atoms with E-state index in [1.54, 1.807) is 24.3 Å². The fourth-order valence-corrected chi connectivity index (χ4v) is 3.88. The van der Waals surface area contributed by atoms with Crippen molar-refractivity contribution in [1.29, 1.82) is 0 Å². The number of aromatic nitrogens is 1. The van der Waals surface area contributed by atoms with E-state index in [9.17, 15) is 9.59 Å².